The summed E-state index contributed by atoms with van der Waals surface area (Å²) in [4.78, 5) is 37.4. The predicted molar refractivity (Wildman–Crippen MR) is 99.8 cm³/mol. The van der Waals surface area contributed by atoms with Crippen molar-refractivity contribution in [2.45, 2.75) is 44.8 Å². The fourth-order valence-corrected chi connectivity index (χ4v) is 3.69. The Kier molecular flexibility index (Phi) is 6.79. The van der Waals surface area contributed by atoms with Crippen LogP contribution in [0.1, 0.15) is 42.6 Å². The standard InChI is InChI=1S/C20H27NO7/c1-12(2)16(18(24)25)20(28,19(26)27)11-13-3-5-14(6-4-13)17(23)21-9-7-15(22)8-10-21/h3-6,12,15-16,22,28H,7-11H2,1-2H3,(H,24,25)(H,26,27). The molecule has 1 fully saturated rings. The van der Waals surface area contributed by atoms with Gasteiger partial charge in [-0.05, 0) is 36.5 Å². The van der Waals surface area contributed by atoms with E-state index in [4.69, 9.17) is 0 Å². The Hall–Kier alpha value is -2.45. The normalized spacial score (nSPS) is 18.5. The number of amides is 1. The largest absolute Gasteiger partial charge is 0.481 e. The molecule has 8 nitrogen and oxygen atoms in total. The van der Waals surface area contributed by atoms with Gasteiger partial charge in [0.2, 0.25) is 0 Å². The van der Waals surface area contributed by atoms with E-state index in [0.29, 0.717) is 37.1 Å². The van der Waals surface area contributed by atoms with Gasteiger partial charge in [-0.3, -0.25) is 9.59 Å². The Morgan fingerprint density at radius 2 is 1.64 bits per heavy atom. The molecule has 154 valence electrons. The van der Waals surface area contributed by atoms with Gasteiger partial charge < -0.3 is 25.3 Å². The van der Waals surface area contributed by atoms with E-state index >= 15 is 0 Å². The Morgan fingerprint density at radius 3 is 2.07 bits per heavy atom. The van der Waals surface area contributed by atoms with Crippen LogP contribution in [-0.2, 0) is 16.0 Å². The number of aliphatic hydroxyl groups excluding tert-OH is 1. The molecular weight excluding hydrogens is 366 g/mol. The SMILES string of the molecule is CC(C)C(C(=O)O)C(O)(Cc1ccc(C(=O)N2CCC(O)CC2)cc1)C(=O)O. The number of likely N-dealkylation sites (tertiary alicyclic amines) is 1. The molecule has 0 spiro atoms. The van der Waals surface area contributed by atoms with Gasteiger partial charge in [0.05, 0.1) is 12.0 Å². The number of hydrogen-bond donors (Lipinski definition) is 4. The third-order valence-electron chi connectivity index (χ3n) is 5.24. The number of hydrogen-bond acceptors (Lipinski definition) is 5. The van der Waals surface area contributed by atoms with Crippen molar-refractivity contribution in [2.75, 3.05) is 13.1 Å². The smallest absolute Gasteiger partial charge is 0.336 e. The van der Waals surface area contributed by atoms with E-state index in [-0.39, 0.29) is 18.4 Å². The number of carboxylic acids is 2. The number of nitrogens with zero attached hydrogens (tertiary/aromatic N) is 1. The van der Waals surface area contributed by atoms with Crippen LogP contribution in [0.5, 0.6) is 0 Å². The molecule has 1 aliphatic heterocycles. The Balaban J connectivity index is 2.18. The Labute approximate surface area is 163 Å². The number of aliphatic carboxylic acids is 2. The molecule has 0 radical (unpaired) electrons. The van der Waals surface area contributed by atoms with Crippen LogP contribution in [0.2, 0.25) is 0 Å². The molecule has 8 heteroatoms. The number of carbonyl (C=O) groups excluding carboxylic acids is 1. The van der Waals surface area contributed by atoms with Gasteiger partial charge in [0.25, 0.3) is 5.91 Å². The summed E-state index contributed by atoms with van der Waals surface area (Å²) >= 11 is 0. The van der Waals surface area contributed by atoms with Gasteiger partial charge in [0.1, 0.15) is 0 Å². The van der Waals surface area contributed by atoms with E-state index < -0.39 is 29.4 Å². The molecule has 1 aromatic carbocycles. The van der Waals surface area contributed by atoms with Crippen LogP contribution in [0.4, 0.5) is 0 Å². The van der Waals surface area contributed by atoms with Crippen LogP contribution in [0, 0.1) is 11.8 Å². The van der Waals surface area contributed by atoms with E-state index in [1.165, 1.54) is 24.3 Å². The van der Waals surface area contributed by atoms with Gasteiger partial charge in [-0.1, -0.05) is 26.0 Å². The van der Waals surface area contributed by atoms with E-state index in [1.54, 1.807) is 18.7 Å². The fraction of sp³-hybridized carbons (Fsp3) is 0.550. The van der Waals surface area contributed by atoms with Crippen molar-refractivity contribution in [1.29, 1.82) is 0 Å². The monoisotopic (exact) mass is 393 g/mol. The molecule has 2 rings (SSSR count). The number of carbonyl (C=O) groups is 3. The summed E-state index contributed by atoms with van der Waals surface area (Å²) in [5.74, 6) is -5.22. The van der Waals surface area contributed by atoms with Crippen LogP contribution < -0.4 is 0 Å². The maximum Gasteiger partial charge on any atom is 0.336 e. The molecule has 2 atom stereocenters. The molecular formula is C20H27NO7. The molecule has 2 unspecified atom stereocenters. The van der Waals surface area contributed by atoms with E-state index in [2.05, 4.69) is 0 Å². The zero-order valence-corrected chi connectivity index (χ0v) is 16.0. The number of aliphatic hydroxyl groups is 2. The van der Waals surface area contributed by atoms with Crippen molar-refractivity contribution in [1.82, 2.24) is 4.90 Å². The fourth-order valence-electron chi connectivity index (χ4n) is 3.69. The van der Waals surface area contributed by atoms with Crippen molar-refractivity contribution in [2.24, 2.45) is 11.8 Å². The minimum Gasteiger partial charge on any atom is -0.481 e. The maximum absolute atomic E-state index is 12.5. The number of piperidine rings is 1. The summed E-state index contributed by atoms with van der Waals surface area (Å²) in [6, 6.07) is 6.13. The lowest BCUT2D eigenvalue weighted by molar-refractivity contribution is -0.177. The predicted octanol–water partition coefficient (Wildman–Crippen LogP) is 0.998. The van der Waals surface area contributed by atoms with Crippen LogP contribution in [0.3, 0.4) is 0 Å². The first-order valence-electron chi connectivity index (χ1n) is 9.31. The summed E-state index contributed by atoms with van der Waals surface area (Å²) in [6.45, 7) is 4.03. The highest BCUT2D eigenvalue weighted by molar-refractivity contribution is 5.94. The zero-order valence-electron chi connectivity index (χ0n) is 16.0. The number of carboxylic acid groups (broad SMARTS) is 2. The molecule has 0 saturated carbocycles. The Bertz CT molecular complexity index is 723. The van der Waals surface area contributed by atoms with Crippen LogP contribution >= 0.6 is 0 Å². The highest BCUT2D eigenvalue weighted by atomic mass is 16.4. The Morgan fingerprint density at radius 1 is 1.11 bits per heavy atom. The first-order valence-corrected chi connectivity index (χ1v) is 9.31. The van der Waals surface area contributed by atoms with Crippen molar-refractivity contribution in [3.05, 3.63) is 35.4 Å². The van der Waals surface area contributed by atoms with Crippen LogP contribution in [0.15, 0.2) is 24.3 Å². The average molecular weight is 393 g/mol. The van der Waals surface area contributed by atoms with Crippen LogP contribution in [0.25, 0.3) is 0 Å². The second-order valence-electron chi connectivity index (χ2n) is 7.69. The highest BCUT2D eigenvalue weighted by Gasteiger charge is 2.49. The summed E-state index contributed by atoms with van der Waals surface area (Å²) in [7, 11) is 0. The number of rotatable bonds is 7. The molecule has 1 saturated heterocycles. The van der Waals surface area contributed by atoms with Crippen LogP contribution in [-0.4, -0.2) is 68.0 Å². The van der Waals surface area contributed by atoms with E-state index in [0.717, 1.165) is 0 Å². The zero-order chi connectivity index (χ0) is 21.1. The minimum absolute atomic E-state index is 0.183. The molecule has 1 heterocycles. The lowest BCUT2D eigenvalue weighted by atomic mass is 9.76. The van der Waals surface area contributed by atoms with Gasteiger partial charge in [-0.2, -0.15) is 0 Å². The molecule has 4 N–H and O–H groups in total. The van der Waals surface area contributed by atoms with Gasteiger partial charge in [-0.15, -0.1) is 0 Å². The maximum atomic E-state index is 12.5. The second-order valence-corrected chi connectivity index (χ2v) is 7.69. The quantitative estimate of drug-likeness (QED) is 0.543. The summed E-state index contributed by atoms with van der Waals surface area (Å²) < 4.78 is 0. The van der Waals surface area contributed by atoms with Crippen molar-refractivity contribution in [3.8, 4) is 0 Å². The molecule has 1 aliphatic rings. The van der Waals surface area contributed by atoms with Gasteiger partial charge in [-0.25, -0.2) is 4.79 Å². The topological polar surface area (TPSA) is 135 Å². The van der Waals surface area contributed by atoms with Crippen molar-refractivity contribution >= 4 is 17.8 Å². The summed E-state index contributed by atoms with van der Waals surface area (Å²) in [5, 5.41) is 39.1. The minimum atomic E-state index is -2.46. The van der Waals surface area contributed by atoms with Crippen molar-refractivity contribution < 1.29 is 34.8 Å². The first kappa shape index (κ1) is 21.8. The van der Waals surface area contributed by atoms with Crippen molar-refractivity contribution in [3.63, 3.8) is 0 Å². The average Bonchev–Trinajstić information content (AvgIpc) is 2.61. The van der Waals surface area contributed by atoms with Gasteiger partial charge in [0, 0.05) is 25.1 Å². The molecule has 0 aromatic heterocycles. The highest BCUT2D eigenvalue weighted by Crippen LogP contribution is 2.30. The molecule has 0 aliphatic carbocycles. The van der Waals surface area contributed by atoms with Gasteiger partial charge >= 0.3 is 11.9 Å². The second kappa shape index (κ2) is 8.70. The van der Waals surface area contributed by atoms with E-state index in [1.807, 2.05) is 0 Å². The number of benzene rings is 1. The lowest BCUT2D eigenvalue weighted by Gasteiger charge is -2.32. The first-order chi connectivity index (χ1) is 13.1. The van der Waals surface area contributed by atoms with Gasteiger partial charge in [0.15, 0.2) is 5.60 Å². The molecule has 1 aromatic rings. The lowest BCUT2D eigenvalue weighted by Crippen LogP contribution is -2.53. The molecule has 28 heavy (non-hydrogen) atoms. The summed E-state index contributed by atoms with van der Waals surface area (Å²) in [5.41, 5.74) is -1.63. The third-order valence-corrected chi connectivity index (χ3v) is 5.24. The summed E-state index contributed by atoms with van der Waals surface area (Å²) in [6.07, 6.45) is 0.285. The molecule has 1 amide bonds. The van der Waals surface area contributed by atoms with E-state index in [9.17, 15) is 34.8 Å². The third kappa shape index (κ3) is 4.69. The molecule has 0 bridgehead atoms.